The summed E-state index contributed by atoms with van der Waals surface area (Å²) < 4.78 is 4.75. The smallest absolute Gasteiger partial charge is 0.417 e. The van der Waals surface area contributed by atoms with Crippen molar-refractivity contribution < 1.29 is 9.53 Å². The molecule has 1 aliphatic rings. The van der Waals surface area contributed by atoms with E-state index in [0.29, 0.717) is 6.61 Å². The van der Waals surface area contributed by atoms with Crippen LogP contribution in [0.5, 0.6) is 0 Å². The molecular formula is C9H10N2O2. The van der Waals surface area contributed by atoms with Crippen LogP contribution in [0.2, 0.25) is 0 Å². The first kappa shape index (κ1) is 9.33. The van der Waals surface area contributed by atoms with E-state index in [1.54, 1.807) is 19.1 Å². The Morgan fingerprint density at radius 2 is 2.23 bits per heavy atom. The maximum Gasteiger partial charge on any atom is 0.417 e. The molecule has 1 aliphatic heterocycles. The van der Waals surface area contributed by atoms with E-state index >= 15 is 0 Å². The van der Waals surface area contributed by atoms with E-state index in [2.05, 4.69) is 0 Å². The quantitative estimate of drug-likeness (QED) is 0.613. The average Bonchev–Trinajstić information content (AvgIpc) is 2.18. The largest absolute Gasteiger partial charge is 0.449 e. The molecule has 0 aromatic heterocycles. The number of hydrogen-bond acceptors (Lipinski definition) is 3. The number of ether oxygens (including phenoxy) is 1. The van der Waals surface area contributed by atoms with Gasteiger partial charge in [-0.15, -0.1) is 0 Å². The lowest BCUT2D eigenvalue weighted by atomic mass is 10.1. The first-order chi connectivity index (χ1) is 6.27. The number of nitriles is 1. The monoisotopic (exact) mass is 178 g/mol. The number of rotatable bonds is 1. The maximum absolute atomic E-state index is 11.1. The Morgan fingerprint density at radius 1 is 1.62 bits per heavy atom. The van der Waals surface area contributed by atoms with Crippen molar-refractivity contribution >= 4 is 6.09 Å². The second kappa shape index (κ2) is 4.31. The summed E-state index contributed by atoms with van der Waals surface area (Å²) in [5.41, 5.74) is 0. The van der Waals surface area contributed by atoms with Crippen LogP contribution in [-0.4, -0.2) is 17.6 Å². The van der Waals surface area contributed by atoms with Gasteiger partial charge in [-0.25, -0.2) is 4.79 Å². The van der Waals surface area contributed by atoms with E-state index < -0.39 is 6.09 Å². The summed E-state index contributed by atoms with van der Waals surface area (Å²) in [6.45, 7) is 2.09. The van der Waals surface area contributed by atoms with Gasteiger partial charge < -0.3 is 4.74 Å². The highest BCUT2D eigenvalue weighted by atomic mass is 16.5. The Kier molecular flexibility index (Phi) is 3.09. The second-order valence-electron chi connectivity index (χ2n) is 2.44. The molecule has 0 saturated heterocycles. The molecule has 0 aliphatic carbocycles. The number of nitrogens with zero attached hydrogens (tertiary/aromatic N) is 2. The minimum absolute atomic E-state index is 0.245. The Labute approximate surface area is 76.7 Å². The Bertz CT molecular complexity index is 274. The molecule has 1 heterocycles. The van der Waals surface area contributed by atoms with Crippen LogP contribution in [0.3, 0.4) is 0 Å². The van der Waals surface area contributed by atoms with Crippen molar-refractivity contribution in [3.8, 4) is 6.07 Å². The lowest BCUT2D eigenvalue weighted by Gasteiger charge is -2.16. The minimum Gasteiger partial charge on any atom is -0.449 e. The molecule has 0 unspecified atom stereocenters. The molecule has 0 spiro atoms. The number of carbonyl (C=O) groups is 1. The Morgan fingerprint density at radius 3 is 2.69 bits per heavy atom. The van der Waals surface area contributed by atoms with E-state index in [-0.39, 0.29) is 5.92 Å². The van der Waals surface area contributed by atoms with Crippen LogP contribution in [0.4, 0.5) is 4.79 Å². The van der Waals surface area contributed by atoms with Gasteiger partial charge in [0.15, 0.2) is 0 Å². The summed E-state index contributed by atoms with van der Waals surface area (Å²) >= 11 is 0. The van der Waals surface area contributed by atoms with Crippen LogP contribution in [0.25, 0.3) is 0 Å². The molecular weight excluding hydrogens is 168 g/mol. The normalized spacial score (nSPS) is 15.5. The molecule has 0 aromatic rings. The fourth-order valence-corrected chi connectivity index (χ4v) is 0.891. The molecule has 0 radical (unpaired) electrons. The van der Waals surface area contributed by atoms with Gasteiger partial charge in [0.2, 0.25) is 0 Å². The van der Waals surface area contributed by atoms with E-state index in [1.807, 2.05) is 6.07 Å². The highest BCUT2D eigenvalue weighted by Crippen LogP contribution is 2.09. The topological polar surface area (TPSA) is 53.3 Å². The van der Waals surface area contributed by atoms with Crippen molar-refractivity contribution in [2.24, 2.45) is 5.92 Å². The van der Waals surface area contributed by atoms with Gasteiger partial charge in [-0.2, -0.15) is 5.26 Å². The highest BCUT2D eigenvalue weighted by molar-refractivity contribution is 5.70. The van der Waals surface area contributed by atoms with Crippen molar-refractivity contribution in [2.75, 3.05) is 6.61 Å². The van der Waals surface area contributed by atoms with Crippen LogP contribution in [-0.2, 0) is 4.74 Å². The van der Waals surface area contributed by atoms with Crippen LogP contribution in [0.15, 0.2) is 24.6 Å². The zero-order chi connectivity index (χ0) is 9.68. The number of amides is 1. The van der Waals surface area contributed by atoms with Crippen LogP contribution < -0.4 is 0 Å². The SMILES string of the molecule is CCOC(=O)N1C=CC(C#N)C=C1. The van der Waals surface area contributed by atoms with Crippen LogP contribution in [0, 0.1) is 17.2 Å². The lowest BCUT2D eigenvalue weighted by Crippen LogP contribution is -2.23. The third-order valence-corrected chi connectivity index (χ3v) is 1.54. The predicted molar refractivity (Wildman–Crippen MR) is 46.2 cm³/mol. The van der Waals surface area contributed by atoms with Gasteiger partial charge >= 0.3 is 6.09 Å². The molecule has 1 amide bonds. The third kappa shape index (κ3) is 2.34. The predicted octanol–water partition coefficient (Wildman–Crippen LogP) is 1.63. The first-order valence-corrected chi connectivity index (χ1v) is 3.99. The molecule has 68 valence electrons. The average molecular weight is 178 g/mol. The molecule has 1 rings (SSSR count). The molecule has 0 aromatic carbocycles. The van der Waals surface area contributed by atoms with Crippen LogP contribution in [0.1, 0.15) is 6.92 Å². The molecule has 13 heavy (non-hydrogen) atoms. The zero-order valence-corrected chi connectivity index (χ0v) is 7.30. The standard InChI is InChI=1S/C9H10N2O2/c1-2-13-9(12)11-5-3-8(7-10)4-6-11/h3-6,8H,2H2,1H3. The van der Waals surface area contributed by atoms with Crippen molar-refractivity contribution in [3.05, 3.63) is 24.6 Å². The molecule has 0 bridgehead atoms. The number of hydrogen-bond donors (Lipinski definition) is 0. The highest BCUT2D eigenvalue weighted by Gasteiger charge is 2.12. The van der Waals surface area contributed by atoms with Gasteiger partial charge in [-0.3, -0.25) is 4.90 Å². The molecule has 0 saturated carbocycles. The molecule has 4 heteroatoms. The van der Waals surface area contributed by atoms with Gasteiger partial charge in [-0.05, 0) is 19.1 Å². The van der Waals surface area contributed by atoms with Gasteiger partial charge in [0.1, 0.15) is 0 Å². The fourth-order valence-electron chi connectivity index (χ4n) is 0.891. The summed E-state index contributed by atoms with van der Waals surface area (Å²) in [6.07, 6.45) is 5.91. The van der Waals surface area contributed by atoms with Gasteiger partial charge in [0.05, 0.1) is 18.6 Å². The second-order valence-corrected chi connectivity index (χ2v) is 2.44. The fraction of sp³-hybridized carbons (Fsp3) is 0.333. The van der Waals surface area contributed by atoms with Crippen molar-refractivity contribution in [1.82, 2.24) is 4.90 Å². The van der Waals surface area contributed by atoms with E-state index in [4.69, 9.17) is 10.00 Å². The summed E-state index contributed by atoms with van der Waals surface area (Å²) in [5, 5.41) is 8.53. The number of allylic oxidation sites excluding steroid dienone is 2. The zero-order valence-electron chi connectivity index (χ0n) is 7.30. The van der Waals surface area contributed by atoms with Crippen molar-refractivity contribution in [2.45, 2.75) is 6.92 Å². The van der Waals surface area contributed by atoms with E-state index in [9.17, 15) is 4.79 Å². The molecule has 0 N–H and O–H groups in total. The summed E-state index contributed by atoms with van der Waals surface area (Å²) in [6, 6.07) is 2.04. The molecule has 4 nitrogen and oxygen atoms in total. The maximum atomic E-state index is 11.1. The first-order valence-electron chi connectivity index (χ1n) is 3.99. The van der Waals surface area contributed by atoms with Gasteiger partial charge in [-0.1, -0.05) is 0 Å². The minimum atomic E-state index is -0.425. The van der Waals surface area contributed by atoms with Gasteiger partial charge in [0.25, 0.3) is 0 Å². The summed E-state index contributed by atoms with van der Waals surface area (Å²) in [5.74, 6) is -0.245. The van der Waals surface area contributed by atoms with Crippen molar-refractivity contribution in [1.29, 1.82) is 5.26 Å². The number of carbonyl (C=O) groups excluding carboxylic acids is 1. The Hall–Kier alpha value is -1.76. The Balaban J connectivity index is 2.54. The molecule has 0 atom stereocenters. The van der Waals surface area contributed by atoms with Crippen molar-refractivity contribution in [3.63, 3.8) is 0 Å². The summed E-state index contributed by atoms with van der Waals surface area (Å²) in [7, 11) is 0. The van der Waals surface area contributed by atoms with Crippen LogP contribution >= 0.6 is 0 Å². The molecule has 0 fully saturated rings. The van der Waals surface area contributed by atoms with E-state index in [1.165, 1.54) is 17.3 Å². The van der Waals surface area contributed by atoms with Gasteiger partial charge in [0, 0.05) is 12.4 Å². The van der Waals surface area contributed by atoms with E-state index in [0.717, 1.165) is 0 Å². The summed E-state index contributed by atoms with van der Waals surface area (Å²) in [4.78, 5) is 12.4. The third-order valence-electron chi connectivity index (χ3n) is 1.54. The lowest BCUT2D eigenvalue weighted by molar-refractivity contribution is 0.133.